The molecule has 1 aromatic rings. The number of benzene rings is 1. The van der Waals surface area contributed by atoms with Crippen LogP contribution in [0.5, 0.6) is 0 Å². The van der Waals surface area contributed by atoms with Crippen molar-refractivity contribution in [1.29, 1.82) is 0 Å². The Kier molecular flexibility index (Phi) is 5.00. The summed E-state index contributed by atoms with van der Waals surface area (Å²) in [6.07, 6.45) is 0. The van der Waals surface area contributed by atoms with Gasteiger partial charge in [-0.1, -0.05) is 33.6 Å². The second-order valence-electron chi connectivity index (χ2n) is 4.23. The van der Waals surface area contributed by atoms with E-state index in [9.17, 15) is 9.00 Å². The SMILES string of the molecule is COC(=O)C1CS(=O)CC(c2ccc(Br)cc2Cl)N1. The van der Waals surface area contributed by atoms with Gasteiger partial charge in [-0.25, -0.2) is 0 Å². The highest BCUT2D eigenvalue weighted by atomic mass is 79.9. The van der Waals surface area contributed by atoms with Crippen LogP contribution < -0.4 is 5.32 Å². The molecule has 1 aromatic carbocycles. The van der Waals surface area contributed by atoms with Gasteiger partial charge in [0.25, 0.3) is 0 Å². The Balaban J connectivity index is 2.24. The van der Waals surface area contributed by atoms with E-state index in [-0.39, 0.29) is 11.8 Å². The summed E-state index contributed by atoms with van der Waals surface area (Å²) in [7, 11) is 0.252. The van der Waals surface area contributed by atoms with E-state index in [1.54, 1.807) is 6.07 Å². The quantitative estimate of drug-likeness (QED) is 0.814. The van der Waals surface area contributed by atoms with E-state index >= 15 is 0 Å². The summed E-state index contributed by atoms with van der Waals surface area (Å²) in [5.74, 6) is 0.317. The van der Waals surface area contributed by atoms with Crippen LogP contribution in [0.3, 0.4) is 0 Å². The van der Waals surface area contributed by atoms with E-state index in [4.69, 9.17) is 16.3 Å². The molecule has 0 aliphatic carbocycles. The molecule has 1 heterocycles. The number of halogens is 2. The largest absolute Gasteiger partial charge is 0.468 e. The molecule has 2 rings (SSSR count). The molecule has 104 valence electrons. The van der Waals surface area contributed by atoms with Gasteiger partial charge in [0.1, 0.15) is 6.04 Å². The number of methoxy groups -OCH3 is 1. The molecule has 7 heteroatoms. The number of nitrogens with one attached hydrogen (secondary N) is 1. The van der Waals surface area contributed by atoms with E-state index in [2.05, 4.69) is 21.2 Å². The number of hydrogen-bond acceptors (Lipinski definition) is 4. The van der Waals surface area contributed by atoms with E-state index in [1.807, 2.05) is 12.1 Å². The molecule has 0 saturated carbocycles. The molecule has 1 saturated heterocycles. The fraction of sp³-hybridized carbons (Fsp3) is 0.417. The fourth-order valence-electron chi connectivity index (χ4n) is 2.02. The number of hydrogen-bond donors (Lipinski definition) is 1. The van der Waals surface area contributed by atoms with Gasteiger partial charge in [-0.15, -0.1) is 0 Å². The van der Waals surface area contributed by atoms with Crippen LogP contribution in [0.4, 0.5) is 0 Å². The molecule has 3 unspecified atom stereocenters. The van der Waals surface area contributed by atoms with Crippen molar-refractivity contribution in [1.82, 2.24) is 5.32 Å². The lowest BCUT2D eigenvalue weighted by molar-refractivity contribution is -0.142. The summed E-state index contributed by atoms with van der Waals surface area (Å²) in [5.41, 5.74) is 0.840. The Labute approximate surface area is 127 Å². The van der Waals surface area contributed by atoms with E-state index in [0.717, 1.165) is 10.0 Å². The van der Waals surface area contributed by atoms with Gasteiger partial charge < -0.3 is 4.74 Å². The zero-order valence-electron chi connectivity index (χ0n) is 10.2. The predicted molar refractivity (Wildman–Crippen MR) is 78.7 cm³/mol. The Morgan fingerprint density at radius 1 is 1.53 bits per heavy atom. The van der Waals surface area contributed by atoms with Crippen LogP contribution in [0, 0.1) is 0 Å². The summed E-state index contributed by atoms with van der Waals surface area (Å²) < 4.78 is 17.4. The lowest BCUT2D eigenvalue weighted by Gasteiger charge is -2.29. The van der Waals surface area contributed by atoms with Crippen LogP contribution in [0.2, 0.25) is 5.02 Å². The Morgan fingerprint density at radius 2 is 2.26 bits per heavy atom. The lowest BCUT2D eigenvalue weighted by atomic mass is 10.1. The molecule has 4 nitrogen and oxygen atoms in total. The maximum Gasteiger partial charge on any atom is 0.323 e. The van der Waals surface area contributed by atoms with Gasteiger partial charge in [0.15, 0.2) is 0 Å². The van der Waals surface area contributed by atoms with Gasteiger partial charge in [-0.3, -0.25) is 14.3 Å². The molecular weight excluding hydrogens is 354 g/mol. The molecule has 1 aliphatic heterocycles. The minimum absolute atomic E-state index is 0.209. The van der Waals surface area contributed by atoms with E-state index in [0.29, 0.717) is 10.8 Å². The topological polar surface area (TPSA) is 55.4 Å². The lowest BCUT2D eigenvalue weighted by Crippen LogP contribution is -2.49. The summed E-state index contributed by atoms with van der Waals surface area (Å²) in [6.45, 7) is 0. The highest BCUT2D eigenvalue weighted by Crippen LogP contribution is 2.29. The van der Waals surface area contributed by atoms with Gasteiger partial charge in [0, 0.05) is 37.8 Å². The first-order valence-corrected chi connectivity index (χ1v) is 8.31. The first-order chi connectivity index (χ1) is 9.01. The summed E-state index contributed by atoms with van der Waals surface area (Å²) in [6, 6.07) is 4.75. The third-order valence-electron chi connectivity index (χ3n) is 2.93. The van der Waals surface area contributed by atoms with Crippen molar-refractivity contribution in [2.45, 2.75) is 12.1 Å². The molecule has 19 heavy (non-hydrogen) atoms. The molecule has 1 fully saturated rings. The highest BCUT2D eigenvalue weighted by molar-refractivity contribution is 9.10. The number of rotatable bonds is 2. The van der Waals surface area contributed by atoms with Gasteiger partial charge in [-0.05, 0) is 17.7 Å². The first-order valence-electron chi connectivity index (χ1n) is 5.65. The van der Waals surface area contributed by atoms with Gasteiger partial charge in [-0.2, -0.15) is 0 Å². The van der Waals surface area contributed by atoms with Crippen LogP contribution in [0.1, 0.15) is 11.6 Å². The molecule has 0 amide bonds. The third-order valence-corrected chi connectivity index (χ3v) is 5.16. The normalized spacial score (nSPS) is 27.0. The minimum Gasteiger partial charge on any atom is -0.468 e. The molecule has 1 N–H and O–H groups in total. The maximum atomic E-state index is 11.9. The molecule has 1 aliphatic rings. The van der Waals surface area contributed by atoms with Gasteiger partial charge >= 0.3 is 5.97 Å². The molecule has 0 radical (unpaired) electrons. The maximum absolute atomic E-state index is 11.9. The molecule has 0 bridgehead atoms. The zero-order valence-corrected chi connectivity index (χ0v) is 13.3. The smallest absolute Gasteiger partial charge is 0.323 e. The fourth-order valence-corrected chi connectivity index (χ4v) is 4.21. The minimum atomic E-state index is -1.07. The average molecular weight is 367 g/mol. The van der Waals surface area contributed by atoms with Crippen molar-refractivity contribution >= 4 is 44.3 Å². The van der Waals surface area contributed by atoms with E-state index < -0.39 is 22.8 Å². The van der Waals surface area contributed by atoms with Crippen LogP contribution in [-0.2, 0) is 20.3 Å². The number of carbonyl (C=O) groups is 1. The molecular formula is C12H13BrClNO3S. The van der Waals surface area contributed by atoms with Crippen molar-refractivity contribution < 1.29 is 13.7 Å². The van der Waals surface area contributed by atoms with Gasteiger partial charge in [0.05, 0.1) is 7.11 Å². The Bertz CT molecular complexity index is 526. The van der Waals surface area contributed by atoms with Crippen LogP contribution in [0.25, 0.3) is 0 Å². The monoisotopic (exact) mass is 365 g/mol. The first kappa shape index (κ1) is 15.0. The average Bonchev–Trinajstić information content (AvgIpc) is 2.37. The Morgan fingerprint density at radius 3 is 2.89 bits per heavy atom. The third kappa shape index (κ3) is 3.56. The zero-order chi connectivity index (χ0) is 14.0. The van der Waals surface area contributed by atoms with Crippen molar-refractivity contribution in [2.75, 3.05) is 18.6 Å². The summed E-state index contributed by atoms with van der Waals surface area (Å²) in [4.78, 5) is 11.6. The van der Waals surface area contributed by atoms with Crippen molar-refractivity contribution in [2.24, 2.45) is 0 Å². The van der Waals surface area contributed by atoms with Crippen LogP contribution in [-0.4, -0.2) is 34.8 Å². The summed E-state index contributed by atoms with van der Waals surface area (Å²) >= 11 is 9.53. The van der Waals surface area contributed by atoms with Crippen molar-refractivity contribution in [3.8, 4) is 0 Å². The standard InChI is InChI=1S/C12H13BrClNO3S/c1-18-12(16)11-6-19(17)5-10(15-11)8-3-2-7(13)4-9(8)14/h2-4,10-11,15H,5-6H2,1H3. The number of esters is 1. The van der Waals surface area contributed by atoms with Crippen LogP contribution >= 0.6 is 27.5 Å². The van der Waals surface area contributed by atoms with Crippen molar-refractivity contribution in [3.63, 3.8) is 0 Å². The highest BCUT2D eigenvalue weighted by Gasteiger charge is 2.32. The van der Waals surface area contributed by atoms with Crippen LogP contribution in [0.15, 0.2) is 22.7 Å². The van der Waals surface area contributed by atoms with E-state index in [1.165, 1.54) is 7.11 Å². The second-order valence-corrected chi connectivity index (χ2v) is 7.10. The second kappa shape index (κ2) is 6.35. The Hall–Kier alpha value is -0.430. The molecule has 0 aromatic heterocycles. The summed E-state index contributed by atoms with van der Waals surface area (Å²) in [5, 5.41) is 3.72. The number of ether oxygens (including phenoxy) is 1. The molecule has 3 atom stereocenters. The molecule has 0 spiro atoms. The van der Waals surface area contributed by atoms with Gasteiger partial charge in [0.2, 0.25) is 0 Å². The number of carbonyl (C=O) groups excluding carboxylic acids is 1. The van der Waals surface area contributed by atoms with Crippen molar-refractivity contribution in [3.05, 3.63) is 33.3 Å². The predicted octanol–water partition coefficient (Wildman–Crippen LogP) is 2.04.